The highest BCUT2D eigenvalue weighted by molar-refractivity contribution is 5.65. The zero-order valence-electron chi connectivity index (χ0n) is 12.3. The average Bonchev–Trinajstić information content (AvgIpc) is 2.93. The fourth-order valence-corrected chi connectivity index (χ4v) is 2.16. The van der Waals surface area contributed by atoms with Gasteiger partial charge in [-0.2, -0.15) is 4.98 Å². The van der Waals surface area contributed by atoms with Crippen LogP contribution in [0.5, 0.6) is 6.01 Å². The van der Waals surface area contributed by atoms with Crippen LogP contribution in [0.4, 0.5) is 5.88 Å². The highest BCUT2D eigenvalue weighted by atomic mass is 16.5. The van der Waals surface area contributed by atoms with Crippen LogP contribution in [0.1, 0.15) is 11.3 Å². The lowest BCUT2D eigenvalue weighted by Gasteiger charge is -2.06. The molecule has 0 bridgehead atoms. The largest absolute Gasteiger partial charge is 0.660 e. The molecule has 0 aliphatic rings. The van der Waals surface area contributed by atoms with E-state index in [2.05, 4.69) is 15.2 Å². The van der Waals surface area contributed by atoms with Crippen molar-refractivity contribution in [2.75, 3.05) is 7.11 Å². The number of rotatable bonds is 4. The third kappa shape index (κ3) is 2.88. The van der Waals surface area contributed by atoms with Gasteiger partial charge < -0.3 is 15.0 Å². The van der Waals surface area contributed by atoms with E-state index in [1.807, 2.05) is 31.2 Å². The minimum Gasteiger partial charge on any atom is -0.660 e. The molecule has 22 heavy (non-hydrogen) atoms. The van der Waals surface area contributed by atoms with E-state index in [1.165, 1.54) is 6.20 Å². The highest BCUT2D eigenvalue weighted by Crippen LogP contribution is 2.23. The van der Waals surface area contributed by atoms with Crippen molar-refractivity contribution in [1.82, 2.24) is 15.2 Å². The van der Waals surface area contributed by atoms with Crippen molar-refractivity contribution in [2.24, 2.45) is 0 Å². The number of aromatic nitrogens is 4. The molecule has 0 aliphatic carbocycles. The third-order valence-corrected chi connectivity index (χ3v) is 3.26. The molecule has 0 atom stereocenters. The van der Waals surface area contributed by atoms with Crippen molar-refractivity contribution in [3.63, 3.8) is 0 Å². The Morgan fingerprint density at radius 1 is 1.27 bits per heavy atom. The van der Waals surface area contributed by atoms with Gasteiger partial charge in [-0.25, -0.2) is 4.98 Å². The molecule has 3 rings (SSSR count). The molecule has 0 amide bonds. The lowest BCUT2D eigenvalue weighted by Crippen LogP contribution is -2.34. The SMILES string of the molecule is COc1ncc(-c2ccc(C[n+]3cc([NH-])on3)cc2)c(C)n1. The molecular formula is C15H15N5O2. The van der Waals surface area contributed by atoms with Crippen molar-refractivity contribution in [3.05, 3.63) is 53.7 Å². The Kier molecular flexibility index (Phi) is 3.69. The van der Waals surface area contributed by atoms with Crippen molar-refractivity contribution in [1.29, 1.82) is 0 Å². The summed E-state index contributed by atoms with van der Waals surface area (Å²) in [5.41, 5.74) is 11.2. The predicted octanol–water partition coefficient (Wildman–Crippen LogP) is 2.47. The van der Waals surface area contributed by atoms with E-state index in [1.54, 1.807) is 18.0 Å². The van der Waals surface area contributed by atoms with Gasteiger partial charge in [-0.3, -0.25) is 0 Å². The van der Waals surface area contributed by atoms with E-state index in [0.29, 0.717) is 12.6 Å². The van der Waals surface area contributed by atoms with Gasteiger partial charge in [0.15, 0.2) is 5.27 Å². The summed E-state index contributed by atoms with van der Waals surface area (Å²) < 4.78 is 11.3. The monoisotopic (exact) mass is 297 g/mol. The molecule has 0 fully saturated rings. The Labute approximate surface area is 127 Å². The Morgan fingerprint density at radius 3 is 2.64 bits per heavy atom. The fraction of sp³-hybridized carbons (Fsp3) is 0.200. The van der Waals surface area contributed by atoms with Gasteiger partial charge in [0.05, 0.1) is 12.8 Å². The van der Waals surface area contributed by atoms with Crippen molar-refractivity contribution < 1.29 is 13.9 Å². The van der Waals surface area contributed by atoms with Crippen LogP contribution in [-0.2, 0) is 6.54 Å². The lowest BCUT2D eigenvalue weighted by atomic mass is 10.0. The van der Waals surface area contributed by atoms with E-state index in [4.69, 9.17) is 15.0 Å². The topological polar surface area (TPSA) is 88.7 Å². The van der Waals surface area contributed by atoms with Gasteiger partial charge >= 0.3 is 6.01 Å². The Morgan fingerprint density at radius 2 is 2.05 bits per heavy atom. The average molecular weight is 297 g/mol. The molecule has 0 aliphatic heterocycles. The number of nitrogens with one attached hydrogen (secondary N) is 1. The van der Waals surface area contributed by atoms with Gasteiger partial charge in [-0.15, -0.1) is 0 Å². The number of methoxy groups -OCH3 is 1. The molecule has 0 radical (unpaired) electrons. The first-order valence-corrected chi connectivity index (χ1v) is 6.70. The number of hydrogen-bond acceptors (Lipinski definition) is 5. The third-order valence-electron chi connectivity index (χ3n) is 3.26. The zero-order chi connectivity index (χ0) is 15.5. The summed E-state index contributed by atoms with van der Waals surface area (Å²) in [6, 6.07) is 8.40. The van der Waals surface area contributed by atoms with Crippen molar-refractivity contribution >= 4 is 5.88 Å². The molecule has 3 aromatic rings. The first-order valence-electron chi connectivity index (χ1n) is 6.70. The van der Waals surface area contributed by atoms with E-state index >= 15 is 0 Å². The molecule has 0 spiro atoms. The molecule has 0 saturated heterocycles. The maximum Gasteiger partial charge on any atom is 0.316 e. The van der Waals surface area contributed by atoms with Crippen molar-refractivity contribution in [2.45, 2.75) is 13.5 Å². The van der Waals surface area contributed by atoms with E-state index in [0.717, 1.165) is 22.4 Å². The van der Waals surface area contributed by atoms with Crippen LogP contribution >= 0.6 is 0 Å². The molecule has 7 nitrogen and oxygen atoms in total. The first-order chi connectivity index (χ1) is 10.7. The maximum absolute atomic E-state index is 7.31. The molecule has 2 aromatic heterocycles. The quantitative estimate of drug-likeness (QED) is 0.690. The second kappa shape index (κ2) is 5.80. The summed E-state index contributed by atoms with van der Waals surface area (Å²) in [7, 11) is 1.55. The summed E-state index contributed by atoms with van der Waals surface area (Å²) in [5.74, 6) is 0.0441. The van der Waals surface area contributed by atoms with Gasteiger partial charge in [-0.1, -0.05) is 28.9 Å². The minimum atomic E-state index is 0.0441. The van der Waals surface area contributed by atoms with Crippen LogP contribution in [0, 0.1) is 6.92 Å². The Bertz CT molecular complexity index is 783. The van der Waals surface area contributed by atoms with Gasteiger partial charge in [0.25, 0.3) is 0 Å². The normalized spacial score (nSPS) is 10.6. The second-order valence-electron chi connectivity index (χ2n) is 4.82. The maximum atomic E-state index is 7.31. The number of ether oxygens (including phenoxy) is 1. The molecule has 1 aromatic carbocycles. The zero-order valence-corrected chi connectivity index (χ0v) is 12.3. The molecule has 2 heterocycles. The highest BCUT2D eigenvalue weighted by Gasteiger charge is 2.09. The molecule has 0 saturated carbocycles. The van der Waals surface area contributed by atoms with Gasteiger partial charge in [-0.05, 0) is 12.5 Å². The summed E-state index contributed by atoms with van der Waals surface area (Å²) >= 11 is 0. The molecule has 7 heteroatoms. The number of hydrogen-bond donors (Lipinski definition) is 0. The Hall–Kier alpha value is -2.96. The minimum absolute atomic E-state index is 0.0441. The van der Waals surface area contributed by atoms with Gasteiger partial charge in [0, 0.05) is 17.3 Å². The van der Waals surface area contributed by atoms with Crippen LogP contribution < -0.4 is 9.42 Å². The van der Waals surface area contributed by atoms with Crippen LogP contribution in [-0.4, -0.2) is 22.3 Å². The molecule has 1 N–H and O–H groups in total. The smallest absolute Gasteiger partial charge is 0.316 e. The summed E-state index contributed by atoms with van der Waals surface area (Å²) in [6.45, 7) is 2.48. The molecule has 112 valence electrons. The Balaban J connectivity index is 1.82. The summed E-state index contributed by atoms with van der Waals surface area (Å²) in [4.78, 5) is 8.43. The standard InChI is InChI=1S/C15H15N5O2/c1-10-13(7-17-15(18-10)21-2)12-5-3-11(4-6-12)8-20-9-14(16)22-19-20/h3-7,9,16H,8H2,1-2H3. The van der Waals surface area contributed by atoms with E-state index in [-0.39, 0.29) is 5.88 Å². The lowest BCUT2D eigenvalue weighted by molar-refractivity contribution is -0.754. The van der Waals surface area contributed by atoms with Crippen LogP contribution in [0.2, 0.25) is 0 Å². The number of aryl methyl sites for hydroxylation is 1. The van der Waals surface area contributed by atoms with E-state index in [9.17, 15) is 0 Å². The summed E-state index contributed by atoms with van der Waals surface area (Å²) in [5, 5.41) is 3.75. The molecule has 0 unspecified atom stereocenters. The van der Waals surface area contributed by atoms with Gasteiger partial charge in [0.2, 0.25) is 12.7 Å². The van der Waals surface area contributed by atoms with E-state index < -0.39 is 0 Å². The fourth-order valence-electron chi connectivity index (χ4n) is 2.16. The van der Waals surface area contributed by atoms with Crippen LogP contribution in [0.25, 0.3) is 16.9 Å². The summed E-state index contributed by atoms with van der Waals surface area (Å²) in [6.07, 6.45) is 3.30. The molecular weight excluding hydrogens is 282 g/mol. The first kappa shape index (κ1) is 14.0. The van der Waals surface area contributed by atoms with Crippen LogP contribution in [0.15, 0.2) is 41.2 Å². The second-order valence-corrected chi connectivity index (χ2v) is 4.82. The predicted molar refractivity (Wildman–Crippen MR) is 78.5 cm³/mol. The number of nitrogens with zero attached hydrogens (tertiary/aromatic N) is 4. The van der Waals surface area contributed by atoms with Crippen LogP contribution in [0.3, 0.4) is 0 Å². The van der Waals surface area contributed by atoms with Crippen molar-refractivity contribution in [3.8, 4) is 17.1 Å². The number of benzene rings is 1. The van der Waals surface area contributed by atoms with Gasteiger partial charge in [0.1, 0.15) is 5.88 Å².